The van der Waals surface area contributed by atoms with Crippen molar-refractivity contribution in [2.75, 3.05) is 106 Å². The van der Waals surface area contributed by atoms with E-state index in [9.17, 15) is 34.5 Å². The van der Waals surface area contributed by atoms with Gasteiger partial charge in [-0.25, -0.2) is 0 Å². The molecule has 2 saturated carbocycles. The van der Waals surface area contributed by atoms with E-state index in [1.807, 2.05) is 63.1 Å². The average molecular weight is 1820 g/mol. The maximum Gasteiger partial charge on any atom is 0.506 e. The Labute approximate surface area is 677 Å². The third-order valence-electron chi connectivity index (χ3n) is 18.6. The van der Waals surface area contributed by atoms with Gasteiger partial charge in [0.05, 0.1) is 90.6 Å². The number of esters is 3. The molecule has 605 valence electrons. The van der Waals surface area contributed by atoms with Gasteiger partial charge in [-0.15, -0.1) is 0 Å². The minimum Gasteiger partial charge on any atom is -0.466 e. The number of carbonyl (C=O) groups excluding carboxylic acids is 4. The first-order valence-corrected chi connectivity index (χ1v) is 50.8. The number of hydrogen-bond donors (Lipinski definition) is 7. The number of nitrogens with two attached hydrogens (primary N) is 2. The molecule has 0 spiro atoms. The second-order valence-electron chi connectivity index (χ2n) is 29.9. The Bertz CT molecular complexity index is 2540. The zero-order valence-electron chi connectivity index (χ0n) is 66.5. The van der Waals surface area contributed by atoms with E-state index in [0.29, 0.717) is 88.4 Å². The smallest absolute Gasteiger partial charge is 0.466 e. The van der Waals surface area contributed by atoms with Gasteiger partial charge in [0.25, 0.3) is 0 Å². The molecule has 8 unspecified atom stereocenters. The number of carbonyl (C=O) groups is 4. The van der Waals surface area contributed by atoms with Crippen LogP contribution in [0.5, 0.6) is 0 Å². The summed E-state index contributed by atoms with van der Waals surface area (Å²) in [5, 5.41) is 40.2. The van der Waals surface area contributed by atoms with E-state index in [4.69, 9.17) is 65.8 Å². The molecule has 2 fully saturated rings. The summed E-state index contributed by atoms with van der Waals surface area (Å²) in [6, 6.07) is 11.1. The monoisotopic (exact) mass is 1820 g/mol. The maximum absolute atomic E-state index is 14.1. The quantitative estimate of drug-likeness (QED) is 0.0110. The molecule has 2 aliphatic rings. The zero-order valence-corrected chi connectivity index (χ0v) is 77.7. The van der Waals surface area contributed by atoms with Crippen molar-refractivity contribution in [3.05, 3.63) is 54.9 Å². The second kappa shape index (κ2) is 56.0. The molecule has 105 heavy (non-hydrogen) atoms. The van der Waals surface area contributed by atoms with E-state index >= 15 is 0 Å². The van der Waals surface area contributed by atoms with Crippen LogP contribution in [0.1, 0.15) is 151 Å². The molecule has 2 aliphatic carbocycles. The standard InChI is InChI=1S/C73H140N6O19Si5.W.Y/c1-16-26-69(82)67(46-71(84)91-17-2)79(63-35-31-61(32-36-63)45-60-29-33-62(34-30-60)78(9)68(73(86)93-19-4)47-72(85)92-18-3)38-37-70(83)94-41-25-44-100(10,11)96-102(14,15)98-103(66-27-21-20-22-28-66,95-99-42-23-39-87-54-64(80)48-76-58(7)52-89-50-56(5)74)97-101(12,13)43-24-40-88-55-65(81)49-77-59(8)53-90-51-57(6)75;;/h20-22,27-28,56,58,60-65,67-68,70,76-77,80-81,83H,6,8,16-19,23-26,29-55,74-75,99H2,1-5,7,9-15H3;;. The van der Waals surface area contributed by atoms with Crippen molar-refractivity contribution in [2.45, 2.75) is 263 Å². The summed E-state index contributed by atoms with van der Waals surface area (Å²) in [5.41, 5.74) is 12.4. The van der Waals surface area contributed by atoms with Crippen molar-refractivity contribution < 1.29 is 143 Å². The predicted octanol–water partition coefficient (Wildman–Crippen LogP) is 7.41. The number of likely N-dealkylation sites (N-methyl/N-ethyl adjacent to an activating group) is 1. The van der Waals surface area contributed by atoms with Crippen molar-refractivity contribution >= 4 is 72.6 Å². The van der Waals surface area contributed by atoms with Gasteiger partial charge in [-0.05, 0) is 194 Å². The molecule has 3 rings (SSSR count). The van der Waals surface area contributed by atoms with Crippen LogP contribution in [-0.2, 0) is 127 Å². The number of ether oxygens (including phenoxy) is 8. The molecule has 0 amide bonds. The summed E-state index contributed by atoms with van der Waals surface area (Å²) in [5.74, 6) is -0.143. The third-order valence-corrected chi connectivity index (χ3v) is 36.4. The SMILES string of the molecule is C=C(N)COCC(=C)NCC(O)COCCC[Si](C)(C)O[Si](O[SiH2]CCCOCC(O)CNC(C)COCC(C)N)(O[Si](C)(C)O[Si](C)(C)CCCOC(O)CCN(C1CCC(CC2CCC(N(C)C(CC(=O)OCC)C(=O)OCC)CC2)CC1)C(CC(=O)OCC)C(=O)CCC)c1ccccc1.[W].[Y]. The fraction of sp³-hybridized carbons (Fsp3) is 0.808. The van der Waals surface area contributed by atoms with Gasteiger partial charge < -0.3 is 91.8 Å². The van der Waals surface area contributed by atoms with Crippen LogP contribution in [0.2, 0.25) is 57.4 Å². The summed E-state index contributed by atoms with van der Waals surface area (Å²) in [7, 11) is -11.3. The molecule has 9 N–H and O–H groups in total. The molecule has 1 aromatic carbocycles. The van der Waals surface area contributed by atoms with E-state index in [0.717, 1.165) is 87.5 Å². The number of nitrogens with zero attached hydrogens (tertiary/aromatic N) is 2. The minimum absolute atomic E-state index is 0. The van der Waals surface area contributed by atoms with Gasteiger partial charge in [0, 0.05) is 147 Å². The molecule has 0 aliphatic heterocycles. The summed E-state index contributed by atoms with van der Waals surface area (Å²) >= 11 is 0. The molecule has 1 radical (unpaired) electrons. The van der Waals surface area contributed by atoms with E-state index in [1.54, 1.807) is 20.8 Å². The molecule has 1 aromatic rings. The molecule has 0 heterocycles. The molecule has 32 heteroatoms. The average Bonchev–Trinajstić information content (AvgIpc) is 0.781. The van der Waals surface area contributed by atoms with Crippen LogP contribution in [0, 0.1) is 11.8 Å². The normalized spacial score (nSPS) is 19.3. The molecular weight excluding hydrogens is 1680 g/mol. The molecule has 0 aromatic heterocycles. The Balaban J connectivity index is 0.0000276. The first-order valence-electron chi connectivity index (χ1n) is 38.4. The largest absolute Gasteiger partial charge is 0.506 e. The molecule has 8 atom stereocenters. The van der Waals surface area contributed by atoms with Crippen LogP contribution in [0.25, 0.3) is 0 Å². The van der Waals surface area contributed by atoms with E-state index in [2.05, 4.69) is 68.0 Å². The van der Waals surface area contributed by atoms with E-state index in [-0.39, 0.29) is 162 Å². The Morgan fingerprint density at radius 3 is 1.80 bits per heavy atom. The predicted molar refractivity (Wildman–Crippen MR) is 416 cm³/mol. The Kier molecular flexibility index (Phi) is 54.2. The zero-order chi connectivity index (χ0) is 76.4. The molecule has 0 saturated heterocycles. The topological polar surface area (TPSA) is 322 Å². The van der Waals surface area contributed by atoms with Crippen LogP contribution < -0.4 is 27.3 Å². The summed E-state index contributed by atoms with van der Waals surface area (Å²) in [4.78, 5) is 57.1. The van der Waals surface area contributed by atoms with Crippen LogP contribution in [0.15, 0.2) is 54.9 Å². The Hall–Kier alpha value is -1.38. The number of hydrogen-bond acceptors (Lipinski definition) is 25. The summed E-state index contributed by atoms with van der Waals surface area (Å²) in [6.45, 7) is 36.2. The number of ketones is 1. The number of aliphatic hydroxyl groups excluding tert-OH is 3. The van der Waals surface area contributed by atoms with Gasteiger partial charge in [-0.2, -0.15) is 0 Å². The van der Waals surface area contributed by atoms with Crippen molar-refractivity contribution in [1.82, 2.24) is 20.4 Å². The summed E-state index contributed by atoms with van der Waals surface area (Å²) in [6.07, 6.45) is 9.38. The van der Waals surface area contributed by atoms with Crippen molar-refractivity contribution in [2.24, 2.45) is 23.3 Å². The van der Waals surface area contributed by atoms with Gasteiger partial charge in [-0.1, -0.05) is 50.4 Å². The first kappa shape index (κ1) is 102. The Morgan fingerprint density at radius 1 is 0.676 bits per heavy atom. The number of aliphatic hydroxyl groups is 3. The minimum atomic E-state index is -3.71. The van der Waals surface area contributed by atoms with Crippen LogP contribution >= 0.6 is 0 Å². The Morgan fingerprint density at radius 2 is 1.23 bits per heavy atom. The van der Waals surface area contributed by atoms with Crippen molar-refractivity contribution in [1.29, 1.82) is 0 Å². The number of Topliss-reactive ketones (excluding diaryl/α,β-unsaturated/α-hetero) is 1. The maximum atomic E-state index is 14.1. The number of nitrogens with one attached hydrogen (secondary N) is 2. The van der Waals surface area contributed by atoms with Gasteiger partial charge in [0.15, 0.2) is 38.5 Å². The van der Waals surface area contributed by atoms with E-state index in [1.165, 1.54) is 0 Å². The van der Waals surface area contributed by atoms with Gasteiger partial charge in [-0.3, -0.25) is 29.0 Å². The first-order chi connectivity index (χ1) is 48.9. The van der Waals surface area contributed by atoms with Gasteiger partial charge >= 0.3 is 35.3 Å². The third kappa shape index (κ3) is 44.0. The van der Waals surface area contributed by atoms with Crippen LogP contribution in [-0.4, -0.2) is 253 Å². The summed E-state index contributed by atoms with van der Waals surface area (Å²) < 4.78 is 74.6. The van der Waals surface area contributed by atoms with Crippen LogP contribution in [0.3, 0.4) is 0 Å². The second-order valence-corrected chi connectivity index (χ2v) is 47.2. The van der Waals surface area contributed by atoms with Crippen molar-refractivity contribution in [3.8, 4) is 0 Å². The number of benzene rings is 1. The fourth-order valence-corrected chi connectivity index (χ4v) is 34.1. The van der Waals surface area contributed by atoms with E-state index < -0.39 is 92.3 Å². The van der Waals surface area contributed by atoms with Gasteiger partial charge in [0.2, 0.25) is 0 Å². The molecule has 25 nitrogen and oxygen atoms in total. The number of rotatable bonds is 60. The van der Waals surface area contributed by atoms with Crippen LogP contribution in [0.4, 0.5) is 0 Å². The van der Waals surface area contributed by atoms with Crippen molar-refractivity contribution in [3.63, 3.8) is 0 Å². The molecule has 0 bridgehead atoms. The molecular formula is C73H140N6O19Si5WY. The fourth-order valence-electron chi connectivity index (χ4n) is 13.6. The van der Waals surface area contributed by atoms with Gasteiger partial charge in [0.1, 0.15) is 6.04 Å².